The van der Waals surface area contributed by atoms with E-state index >= 15 is 0 Å². The fourth-order valence-electron chi connectivity index (χ4n) is 1.47. The molecule has 1 aromatic heterocycles. The fraction of sp³-hybridized carbons (Fsp3) is 0.615. The zero-order chi connectivity index (χ0) is 14.1. The minimum absolute atomic E-state index is 0.0355. The van der Waals surface area contributed by atoms with Crippen LogP contribution >= 0.6 is 11.3 Å². The van der Waals surface area contributed by atoms with Crippen molar-refractivity contribution in [2.75, 3.05) is 45.7 Å². The summed E-state index contributed by atoms with van der Waals surface area (Å²) >= 11 is 1.64. The van der Waals surface area contributed by atoms with Gasteiger partial charge in [-0.05, 0) is 25.5 Å². The van der Waals surface area contributed by atoms with Crippen LogP contribution in [0.15, 0.2) is 11.4 Å². The summed E-state index contributed by atoms with van der Waals surface area (Å²) in [5, 5.41) is 8.11. The summed E-state index contributed by atoms with van der Waals surface area (Å²) in [6.45, 7) is 5.49. The van der Waals surface area contributed by atoms with Crippen LogP contribution in [0.3, 0.4) is 0 Å². The van der Waals surface area contributed by atoms with E-state index in [0.29, 0.717) is 6.61 Å². The van der Waals surface area contributed by atoms with Gasteiger partial charge < -0.3 is 20.3 Å². The summed E-state index contributed by atoms with van der Waals surface area (Å²) in [5.74, 6) is -0.0355. The SMILES string of the molecule is CC(=O)Nc1ccsc1CNCCOCCN(C)C. The summed E-state index contributed by atoms with van der Waals surface area (Å²) in [6, 6.07) is 1.93. The van der Waals surface area contributed by atoms with Crippen molar-refractivity contribution in [2.24, 2.45) is 0 Å². The Labute approximate surface area is 118 Å². The zero-order valence-electron chi connectivity index (χ0n) is 11.9. The molecule has 0 saturated carbocycles. The molecule has 0 aromatic carbocycles. The third-order valence-corrected chi connectivity index (χ3v) is 3.37. The molecule has 5 nitrogen and oxygen atoms in total. The van der Waals surface area contributed by atoms with Gasteiger partial charge in [-0.25, -0.2) is 0 Å². The minimum Gasteiger partial charge on any atom is -0.379 e. The lowest BCUT2D eigenvalue weighted by molar-refractivity contribution is -0.114. The van der Waals surface area contributed by atoms with Gasteiger partial charge in [0.05, 0.1) is 18.9 Å². The van der Waals surface area contributed by atoms with Crippen molar-refractivity contribution in [2.45, 2.75) is 13.5 Å². The first-order valence-corrected chi connectivity index (χ1v) is 7.24. The molecule has 1 aromatic rings. The van der Waals surface area contributed by atoms with Crippen molar-refractivity contribution in [1.82, 2.24) is 10.2 Å². The number of nitrogens with one attached hydrogen (secondary N) is 2. The number of hydrogen-bond donors (Lipinski definition) is 2. The molecule has 0 saturated heterocycles. The van der Waals surface area contributed by atoms with Gasteiger partial charge >= 0.3 is 0 Å². The second kappa shape index (κ2) is 9.03. The molecule has 2 N–H and O–H groups in total. The number of likely N-dealkylation sites (N-methyl/N-ethyl adjacent to an activating group) is 1. The number of anilines is 1. The molecule has 0 aliphatic rings. The van der Waals surface area contributed by atoms with Crippen LogP contribution in [0.4, 0.5) is 5.69 Å². The summed E-state index contributed by atoms with van der Waals surface area (Å²) in [7, 11) is 4.06. The predicted molar refractivity (Wildman–Crippen MR) is 79.7 cm³/mol. The maximum absolute atomic E-state index is 11.0. The summed E-state index contributed by atoms with van der Waals surface area (Å²) in [4.78, 5) is 14.3. The van der Waals surface area contributed by atoms with Crippen LogP contribution in [0.25, 0.3) is 0 Å². The summed E-state index contributed by atoms with van der Waals surface area (Å²) in [6.07, 6.45) is 0. The Morgan fingerprint density at radius 3 is 2.89 bits per heavy atom. The third kappa shape index (κ3) is 7.27. The van der Waals surface area contributed by atoms with Crippen LogP contribution in [0.2, 0.25) is 0 Å². The van der Waals surface area contributed by atoms with E-state index in [1.807, 2.05) is 25.5 Å². The van der Waals surface area contributed by atoms with Crippen molar-refractivity contribution in [3.05, 3.63) is 16.3 Å². The van der Waals surface area contributed by atoms with Gasteiger partial charge in [-0.1, -0.05) is 0 Å². The van der Waals surface area contributed by atoms with Gasteiger partial charge in [-0.15, -0.1) is 11.3 Å². The molecule has 0 bridgehead atoms. The Bertz CT molecular complexity index is 380. The average molecular weight is 285 g/mol. The molecule has 108 valence electrons. The Kier molecular flexibility index (Phi) is 7.66. The molecule has 0 aliphatic heterocycles. The van der Waals surface area contributed by atoms with Gasteiger partial charge in [-0.3, -0.25) is 4.79 Å². The van der Waals surface area contributed by atoms with Crippen LogP contribution in [0, 0.1) is 0 Å². The molecule has 1 heterocycles. The quantitative estimate of drug-likeness (QED) is 0.673. The lowest BCUT2D eigenvalue weighted by Crippen LogP contribution is -2.23. The monoisotopic (exact) mass is 285 g/mol. The lowest BCUT2D eigenvalue weighted by Gasteiger charge is -2.10. The highest BCUT2D eigenvalue weighted by molar-refractivity contribution is 7.10. The van der Waals surface area contributed by atoms with E-state index in [2.05, 4.69) is 15.5 Å². The van der Waals surface area contributed by atoms with Crippen LogP contribution in [0.1, 0.15) is 11.8 Å². The Hall–Kier alpha value is -0.950. The number of ether oxygens (including phenoxy) is 1. The molecule has 0 unspecified atom stereocenters. The number of thiophene rings is 1. The second-order valence-electron chi connectivity index (χ2n) is 4.53. The van der Waals surface area contributed by atoms with E-state index in [1.54, 1.807) is 11.3 Å². The standard InChI is InChI=1S/C13H23N3O2S/c1-11(17)15-12-4-9-19-13(12)10-14-5-7-18-8-6-16(2)3/h4,9,14H,5-8,10H2,1-3H3,(H,15,17). The first kappa shape index (κ1) is 16.1. The van der Waals surface area contributed by atoms with Crippen molar-refractivity contribution < 1.29 is 9.53 Å². The minimum atomic E-state index is -0.0355. The van der Waals surface area contributed by atoms with Crippen LogP contribution in [-0.2, 0) is 16.1 Å². The van der Waals surface area contributed by atoms with E-state index in [4.69, 9.17) is 4.74 Å². The second-order valence-corrected chi connectivity index (χ2v) is 5.53. The molecule has 0 spiro atoms. The van der Waals surface area contributed by atoms with Crippen molar-refractivity contribution in [1.29, 1.82) is 0 Å². The molecule has 6 heteroatoms. The van der Waals surface area contributed by atoms with Gasteiger partial charge in [0, 0.05) is 31.4 Å². The van der Waals surface area contributed by atoms with Crippen LogP contribution < -0.4 is 10.6 Å². The summed E-state index contributed by atoms with van der Waals surface area (Å²) < 4.78 is 5.49. The molecule has 0 radical (unpaired) electrons. The van der Waals surface area contributed by atoms with Gasteiger partial charge in [0.2, 0.25) is 5.91 Å². The molecule has 0 atom stereocenters. The smallest absolute Gasteiger partial charge is 0.221 e. The van der Waals surface area contributed by atoms with Crippen LogP contribution in [0.5, 0.6) is 0 Å². The predicted octanol–water partition coefficient (Wildman–Crippen LogP) is 1.37. The maximum Gasteiger partial charge on any atom is 0.221 e. The number of carbonyl (C=O) groups is 1. The zero-order valence-corrected chi connectivity index (χ0v) is 12.7. The first-order valence-electron chi connectivity index (χ1n) is 6.36. The number of nitrogens with zero attached hydrogens (tertiary/aromatic N) is 1. The van der Waals surface area contributed by atoms with Crippen LogP contribution in [-0.4, -0.2) is 51.2 Å². The van der Waals surface area contributed by atoms with Crippen molar-refractivity contribution >= 4 is 22.9 Å². The largest absolute Gasteiger partial charge is 0.379 e. The van der Waals surface area contributed by atoms with Gasteiger partial charge in [0.15, 0.2) is 0 Å². The normalized spacial score (nSPS) is 10.9. The van der Waals surface area contributed by atoms with E-state index in [-0.39, 0.29) is 5.91 Å². The van der Waals surface area contributed by atoms with E-state index < -0.39 is 0 Å². The number of hydrogen-bond acceptors (Lipinski definition) is 5. The third-order valence-electron chi connectivity index (χ3n) is 2.45. The Balaban J connectivity index is 2.12. The van der Waals surface area contributed by atoms with Gasteiger partial charge in [0.25, 0.3) is 0 Å². The molecular formula is C13H23N3O2S. The summed E-state index contributed by atoms with van der Waals surface area (Å²) in [5.41, 5.74) is 0.901. The van der Waals surface area contributed by atoms with Gasteiger partial charge in [0.1, 0.15) is 0 Å². The molecule has 1 rings (SSSR count). The van der Waals surface area contributed by atoms with E-state index in [1.165, 1.54) is 6.92 Å². The molecule has 19 heavy (non-hydrogen) atoms. The lowest BCUT2D eigenvalue weighted by atomic mass is 10.3. The molecule has 0 aliphatic carbocycles. The van der Waals surface area contributed by atoms with Crippen molar-refractivity contribution in [3.8, 4) is 0 Å². The highest BCUT2D eigenvalue weighted by atomic mass is 32.1. The number of rotatable bonds is 9. The Morgan fingerprint density at radius 2 is 2.21 bits per heavy atom. The average Bonchev–Trinajstić information content (AvgIpc) is 2.74. The van der Waals surface area contributed by atoms with Gasteiger partial charge in [-0.2, -0.15) is 0 Å². The molecule has 1 amide bonds. The fourth-order valence-corrected chi connectivity index (χ4v) is 2.27. The topological polar surface area (TPSA) is 53.6 Å². The number of carbonyl (C=O) groups excluding carboxylic acids is 1. The molecular weight excluding hydrogens is 262 g/mol. The maximum atomic E-state index is 11.0. The van der Waals surface area contributed by atoms with E-state index in [0.717, 1.165) is 36.8 Å². The molecule has 0 fully saturated rings. The number of amides is 1. The Morgan fingerprint density at radius 1 is 1.42 bits per heavy atom. The highest BCUT2D eigenvalue weighted by Crippen LogP contribution is 2.21. The highest BCUT2D eigenvalue weighted by Gasteiger charge is 2.04. The first-order chi connectivity index (χ1) is 9.09. The van der Waals surface area contributed by atoms with E-state index in [9.17, 15) is 4.79 Å². The van der Waals surface area contributed by atoms with Crippen molar-refractivity contribution in [3.63, 3.8) is 0 Å².